The van der Waals surface area contributed by atoms with E-state index in [0.29, 0.717) is 29.4 Å². The first-order valence-corrected chi connectivity index (χ1v) is 12.9. The lowest BCUT2D eigenvalue weighted by Gasteiger charge is -2.27. The SMILES string of the molecule is CCOc1ccc(Cl)c(/C(O)=C2\C(=O)C(=O)N(c3ccc(OC)cc3)C2c2ccc(N(CC)CC)cc2)c1. The lowest BCUT2D eigenvalue weighted by atomic mass is 9.94. The Morgan fingerprint density at radius 3 is 2.16 bits per heavy atom. The highest BCUT2D eigenvalue weighted by molar-refractivity contribution is 6.52. The summed E-state index contributed by atoms with van der Waals surface area (Å²) < 4.78 is 10.8. The largest absolute Gasteiger partial charge is 0.507 e. The molecule has 1 aliphatic heterocycles. The molecule has 3 aromatic carbocycles. The number of methoxy groups -OCH3 is 1. The van der Waals surface area contributed by atoms with Crippen molar-refractivity contribution < 1.29 is 24.2 Å². The molecule has 0 aliphatic carbocycles. The number of ketones is 1. The monoisotopic (exact) mass is 534 g/mol. The fraction of sp³-hybridized carbons (Fsp3) is 0.267. The average Bonchev–Trinajstić information content (AvgIpc) is 3.20. The van der Waals surface area contributed by atoms with Crippen molar-refractivity contribution in [1.29, 1.82) is 0 Å². The molecule has 1 atom stereocenters. The Labute approximate surface area is 227 Å². The van der Waals surface area contributed by atoms with Crippen LogP contribution in [0.3, 0.4) is 0 Å². The van der Waals surface area contributed by atoms with Crippen molar-refractivity contribution in [2.24, 2.45) is 0 Å². The molecule has 1 N–H and O–H groups in total. The lowest BCUT2D eigenvalue weighted by Crippen LogP contribution is -2.29. The van der Waals surface area contributed by atoms with Crippen LogP contribution in [0.5, 0.6) is 11.5 Å². The van der Waals surface area contributed by atoms with Crippen LogP contribution in [0.15, 0.2) is 72.3 Å². The lowest BCUT2D eigenvalue weighted by molar-refractivity contribution is -0.132. The third kappa shape index (κ3) is 5.07. The number of rotatable bonds is 9. The van der Waals surface area contributed by atoms with Crippen LogP contribution in [-0.2, 0) is 9.59 Å². The quantitative estimate of drug-likeness (QED) is 0.199. The number of hydrogen-bond donors (Lipinski definition) is 1. The fourth-order valence-corrected chi connectivity index (χ4v) is 4.91. The number of halogens is 1. The first kappa shape index (κ1) is 27.1. The van der Waals surface area contributed by atoms with Gasteiger partial charge in [0.25, 0.3) is 11.7 Å². The second-order valence-corrected chi connectivity index (χ2v) is 9.11. The first-order valence-electron chi connectivity index (χ1n) is 12.6. The second-order valence-electron chi connectivity index (χ2n) is 8.71. The molecule has 1 aliphatic rings. The van der Waals surface area contributed by atoms with Crippen molar-refractivity contribution in [3.8, 4) is 11.5 Å². The highest BCUT2D eigenvalue weighted by Gasteiger charge is 2.47. The van der Waals surface area contributed by atoms with Gasteiger partial charge in [-0.2, -0.15) is 0 Å². The Bertz CT molecular complexity index is 1350. The molecule has 0 bridgehead atoms. The standard InChI is InChI=1S/C30H31ClN2O5/c1-5-32(6-2)20-10-8-19(9-11-20)27-26(28(34)24-18-23(38-7-3)16-17-25(24)31)29(35)30(36)33(27)21-12-14-22(37-4)15-13-21/h8-18,27,34H,5-7H2,1-4H3/b28-26+. The zero-order chi connectivity index (χ0) is 27.4. The van der Waals surface area contributed by atoms with Crippen LogP contribution in [0.1, 0.15) is 37.9 Å². The van der Waals surface area contributed by atoms with E-state index < -0.39 is 17.7 Å². The maximum absolute atomic E-state index is 13.5. The summed E-state index contributed by atoms with van der Waals surface area (Å²) >= 11 is 6.44. The number of nitrogens with zero attached hydrogens (tertiary/aromatic N) is 2. The molecule has 8 heteroatoms. The third-order valence-electron chi connectivity index (χ3n) is 6.64. The van der Waals surface area contributed by atoms with Gasteiger partial charge < -0.3 is 19.5 Å². The topological polar surface area (TPSA) is 79.3 Å². The highest BCUT2D eigenvalue weighted by Crippen LogP contribution is 2.44. The van der Waals surface area contributed by atoms with Crippen molar-refractivity contribution in [3.63, 3.8) is 0 Å². The first-order chi connectivity index (χ1) is 18.3. The maximum atomic E-state index is 13.5. The van der Waals surface area contributed by atoms with E-state index in [1.165, 1.54) is 4.90 Å². The normalized spacial score (nSPS) is 16.6. The number of carbonyl (C=O) groups excluding carboxylic acids is 2. The van der Waals surface area contributed by atoms with Crippen LogP contribution in [0, 0.1) is 0 Å². The molecule has 0 aromatic heterocycles. The number of amides is 1. The number of carbonyl (C=O) groups is 2. The number of aliphatic hydroxyl groups excluding tert-OH is 1. The number of benzene rings is 3. The van der Waals surface area contributed by atoms with Crippen LogP contribution in [0.25, 0.3) is 5.76 Å². The Morgan fingerprint density at radius 2 is 1.58 bits per heavy atom. The minimum atomic E-state index is -0.874. The van der Waals surface area contributed by atoms with E-state index >= 15 is 0 Å². The molecule has 1 unspecified atom stereocenters. The Balaban J connectivity index is 1.91. The van der Waals surface area contributed by atoms with E-state index in [2.05, 4.69) is 18.7 Å². The molecule has 7 nitrogen and oxygen atoms in total. The second kappa shape index (κ2) is 11.6. The van der Waals surface area contributed by atoms with Gasteiger partial charge >= 0.3 is 0 Å². The zero-order valence-electron chi connectivity index (χ0n) is 21.9. The van der Waals surface area contributed by atoms with Gasteiger partial charge in [0.15, 0.2) is 0 Å². The van der Waals surface area contributed by atoms with Gasteiger partial charge in [-0.3, -0.25) is 14.5 Å². The molecular formula is C30H31ClN2O5. The van der Waals surface area contributed by atoms with E-state index in [0.717, 1.165) is 18.8 Å². The van der Waals surface area contributed by atoms with E-state index in [1.807, 2.05) is 31.2 Å². The van der Waals surface area contributed by atoms with E-state index in [-0.39, 0.29) is 21.9 Å². The van der Waals surface area contributed by atoms with Gasteiger partial charge in [0.1, 0.15) is 17.3 Å². The Hall–Kier alpha value is -3.97. The molecule has 1 amide bonds. The van der Waals surface area contributed by atoms with Gasteiger partial charge in [-0.15, -0.1) is 0 Å². The summed E-state index contributed by atoms with van der Waals surface area (Å²) in [6.45, 7) is 8.11. The molecule has 4 rings (SSSR count). The molecule has 198 valence electrons. The number of anilines is 2. The summed E-state index contributed by atoms with van der Waals surface area (Å²) in [5.41, 5.74) is 2.37. The summed E-state index contributed by atoms with van der Waals surface area (Å²) in [7, 11) is 1.55. The van der Waals surface area contributed by atoms with Crippen molar-refractivity contribution in [2.45, 2.75) is 26.8 Å². The predicted octanol–water partition coefficient (Wildman–Crippen LogP) is 6.22. The van der Waals surface area contributed by atoms with Crippen molar-refractivity contribution in [3.05, 3.63) is 88.5 Å². The summed E-state index contributed by atoms with van der Waals surface area (Å²) in [6, 6.07) is 18.5. The minimum Gasteiger partial charge on any atom is -0.507 e. The number of ether oxygens (including phenoxy) is 2. The van der Waals surface area contributed by atoms with Crippen LogP contribution in [-0.4, -0.2) is 43.6 Å². The third-order valence-corrected chi connectivity index (χ3v) is 6.97. The van der Waals surface area contributed by atoms with Crippen LogP contribution in [0.4, 0.5) is 11.4 Å². The molecule has 38 heavy (non-hydrogen) atoms. The molecule has 1 heterocycles. The molecule has 0 saturated carbocycles. The van der Waals surface area contributed by atoms with Gasteiger partial charge in [-0.1, -0.05) is 23.7 Å². The van der Waals surface area contributed by atoms with Gasteiger partial charge in [0, 0.05) is 30.0 Å². The maximum Gasteiger partial charge on any atom is 0.300 e. The number of Topliss-reactive ketones (excluding diaryl/α,β-unsaturated/α-hetero) is 1. The average molecular weight is 535 g/mol. The molecule has 1 saturated heterocycles. The van der Waals surface area contributed by atoms with Crippen molar-refractivity contribution >= 4 is 40.4 Å². The van der Waals surface area contributed by atoms with E-state index in [4.69, 9.17) is 21.1 Å². The van der Waals surface area contributed by atoms with Crippen molar-refractivity contribution in [2.75, 3.05) is 36.6 Å². The molecule has 3 aromatic rings. The van der Waals surface area contributed by atoms with Crippen LogP contribution < -0.4 is 19.3 Å². The zero-order valence-corrected chi connectivity index (χ0v) is 22.7. The van der Waals surface area contributed by atoms with Crippen LogP contribution >= 0.6 is 11.6 Å². The molecule has 0 spiro atoms. The van der Waals surface area contributed by atoms with Crippen LogP contribution in [0.2, 0.25) is 5.02 Å². The van der Waals surface area contributed by atoms with Gasteiger partial charge in [0.05, 0.1) is 30.4 Å². The van der Waals surface area contributed by atoms with Gasteiger partial charge in [0.2, 0.25) is 0 Å². The Morgan fingerprint density at radius 1 is 0.947 bits per heavy atom. The predicted molar refractivity (Wildman–Crippen MR) is 150 cm³/mol. The molecular weight excluding hydrogens is 504 g/mol. The van der Waals surface area contributed by atoms with Gasteiger partial charge in [-0.25, -0.2) is 0 Å². The summed E-state index contributed by atoms with van der Waals surface area (Å²) in [4.78, 5) is 30.5. The van der Waals surface area contributed by atoms with Gasteiger partial charge in [-0.05, 0) is 80.9 Å². The fourth-order valence-electron chi connectivity index (χ4n) is 4.70. The van der Waals surface area contributed by atoms with E-state index in [9.17, 15) is 14.7 Å². The smallest absolute Gasteiger partial charge is 0.300 e. The van der Waals surface area contributed by atoms with Crippen molar-refractivity contribution in [1.82, 2.24) is 0 Å². The minimum absolute atomic E-state index is 0.0445. The summed E-state index contributed by atoms with van der Waals surface area (Å²) in [5.74, 6) is -0.794. The number of aliphatic hydroxyl groups is 1. The molecule has 1 fully saturated rings. The highest BCUT2D eigenvalue weighted by atomic mass is 35.5. The molecule has 0 radical (unpaired) electrons. The van der Waals surface area contributed by atoms with E-state index in [1.54, 1.807) is 49.6 Å². The number of hydrogen-bond acceptors (Lipinski definition) is 6. The Kier molecular flexibility index (Phi) is 8.27. The summed E-state index contributed by atoms with van der Waals surface area (Å²) in [5, 5.41) is 11.7. The summed E-state index contributed by atoms with van der Waals surface area (Å²) in [6.07, 6.45) is 0.